The first-order chi connectivity index (χ1) is 6.54. The monoisotopic (exact) mass is 196 g/mol. The maximum atomic E-state index is 10.5. The summed E-state index contributed by atoms with van der Waals surface area (Å²) in [5.74, 6) is -0.542. The molecule has 0 atom stereocenters. The van der Waals surface area contributed by atoms with Gasteiger partial charge in [-0.25, -0.2) is 0 Å². The number of hydrogen-bond donors (Lipinski definition) is 2. The second-order valence-electron chi connectivity index (χ2n) is 3.03. The van der Waals surface area contributed by atoms with Crippen molar-refractivity contribution in [2.24, 2.45) is 0 Å². The number of phenolic OH excluding ortho intramolecular Hbond substituents is 1. The van der Waals surface area contributed by atoms with Gasteiger partial charge in [0.05, 0.1) is 13.5 Å². The zero-order chi connectivity index (χ0) is 10.7. The van der Waals surface area contributed by atoms with Gasteiger partial charge in [-0.3, -0.25) is 4.79 Å². The van der Waals surface area contributed by atoms with Crippen molar-refractivity contribution in [3.63, 3.8) is 0 Å². The van der Waals surface area contributed by atoms with Crippen LogP contribution in [0.25, 0.3) is 0 Å². The maximum Gasteiger partial charge on any atom is 0.307 e. The van der Waals surface area contributed by atoms with E-state index in [2.05, 4.69) is 0 Å². The summed E-state index contributed by atoms with van der Waals surface area (Å²) in [4.78, 5) is 10.5. The number of rotatable bonds is 3. The lowest BCUT2D eigenvalue weighted by Gasteiger charge is -2.08. The fourth-order valence-electron chi connectivity index (χ4n) is 1.25. The fraction of sp³-hybridized carbons (Fsp3) is 0.300. The molecule has 1 aromatic rings. The number of hydrogen-bond acceptors (Lipinski definition) is 3. The summed E-state index contributed by atoms with van der Waals surface area (Å²) in [6.07, 6.45) is -0.0719. The van der Waals surface area contributed by atoms with Crippen LogP contribution in [0.2, 0.25) is 0 Å². The van der Waals surface area contributed by atoms with Crippen LogP contribution in [0.5, 0.6) is 11.5 Å². The molecule has 0 saturated carbocycles. The third kappa shape index (κ3) is 2.16. The van der Waals surface area contributed by atoms with Crippen LogP contribution in [0.3, 0.4) is 0 Å². The van der Waals surface area contributed by atoms with Gasteiger partial charge in [0.25, 0.3) is 0 Å². The van der Waals surface area contributed by atoms with Gasteiger partial charge in [-0.05, 0) is 24.1 Å². The minimum absolute atomic E-state index is 0.0571. The smallest absolute Gasteiger partial charge is 0.307 e. The highest BCUT2D eigenvalue weighted by Crippen LogP contribution is 2.30. The average molecular weight is 196 g/mol. The normalized spacial score (nSPS) is 9.86. The van der Waals surface area contributed by atoms with Crippen LogP contribution >= 0.6 is 0 Å². The van der Waals surface area contributed by atoms with Crippen molar-refractivity contribution < 1.29 is 19.7 Å². The molecule has 0 amide bonds. The van der Waals surface area contributed by atoms with Crippen molar-refractivity contribution in [1.82, 2.24) is 0 Å². The summed E-state index contributed by atoms with van der Waals surface area (Å²) in [7, 11) is 1.43. The predicted octanol–water partition coefficient (Wildman–Crippen LogP) is 1.34. The highest BCUT2D eigenvalue weighted by atomic mass is 16.5. The lowest BCUT2D eigenvalue weighted by atomic mass is 10.1. The van der Waals surface area contributed by atoms with E-state index in [9.17, 15) is 9.90 Å². The SMILES string of the molecule is COc1cc(CC(=O)O)cc(C)c1O. The van der Waals surface area contributed by atoms with Crippen molar-refractivity contribution in [3.8, 4) is 11.5 Å². The van der Waals surface area contributed by atoms with Gasteiger partial charge in [-0.1, -0.05) is 6.07 Å². The van der Waals surface area contributed by atoms with Crippen molar-refractivity contribution in [3.05, 3.63) is 23.3 Å². The number of ether oxygens (including phenoxy) is 1. The molecule has 0 spiro atoms. The van der Waals surface area contributed by atoms with E-state index in [1.165, 1.54) is 13.2 Å². The standard InChI is InChI=1S/C10H12O4/c1-6-3-7(5-9(11)12)4-8(14-2)10(6)13/h3-4,13H,5H2,1-2H3,(H,11,12). The third-order valence-electron chi connectivity index (χ3n) is 1.90. The van der Waals surface area contributed by atoms with Crippen LogP contribution in [0.15, 0.2) is 12.1 Å². The second-order valence-corrected chi connectivity index (χ2v) is 3.03. The summed E-state index contributed by atoms with van der Waals surface area (Å²) in [6.45, 7) is 1.70. The Kier molecular flexibility index (Phi) is 2.96. The molecule has 0 aromatic heterocycles. The Morgan fingerprint density at radius 2 is 2.14 bits per heavy atom. The van der Waals surface area contributed by atoms with Crippen molar-refractivity contribution in [2.45, 2.75) is 13.3 Å². The van der Waals surface area contributed by atoms with Crippen LogP contribution in [-0.4, -0.2) is 23.3 Å². The second kappa shape index (κ2) is 4.00. The number of aryl methyl sites for hydroxylation is 1. The first-order valence-electron chi connectivity index (χ1n) is 4.13. The summed E-state index contributed by atoms with van der Waals surface area (Å²) >= 11 is 0. The number of carboxylic acids is 1. The molecule has 4 heteroatoms. The molecule has 76 valence electrons. The zero-order valence-electron chi connectivity index (χ0n) is 8.07. The van der Waals surface area contributed by atoms with E-state index in [0.29, 0.717) is 16.9 Å². The van der Waals surface area contributed by atoms with E-state index >= 15 is 0 Å². The molecule has 0 heterocycles. The molecule has 0 unspecified atom stereocenters. The molecular formula is C10H12O4. The van der Waals surface area contributed by atoms with Gasteiger partial charge in [0, 0.05) is 0 Å². The van der Waals surface area contributed by atoms with Gasteiger partial charge in [0.2, 0.25) is 0 Å². The molecule has 0 fully saturated rings. The quantitative estimate of drug-likeness (QED) is 0.765. The molecule has 0 bridgehead atoms. The Bertz CT molecular complexity index is 357. The fourth-order valence-corrected chi connectivity index (χ4v) is 1.25. The number of carbonyl (C=O) groups is 1. The lowest BCUT2D eigenvalue weighted by Crippen LogP contribution is -2.01. The molecule has 1 aromatic carbocycles. The van der Waals surface area contributed by atoms with E-state index in [1.807, 2.05) is 0 Å². The summed E-state index contributed by atoms with van der Waals surface area (Å²) < 4.78 is 4.91. The predicted molar refractivity (Wildman–Crippen MR) is 50.7 cm³/mol. The number of carboxylic acid groups (broad SMARTS) is 1. The lowest BCUT2D eigenvalue weighted by molar-refractivity contribution is -0.136. The molecule has 4 nitrogen and oxygen atoms in total. The Morgan fingerprint density at radius 1 is 1.50 bits per heavy atom. The number of aromatic hydroxyl groups is 1. The number of aliphatic carboxylic acids is 1. The van der Waals surface area contributed by atoms with Crippen LogP contribution in [0, 0.1) is 6.92 Å². The van der Waals surface area contributed by atoms with Crippen LogP contribution < -0.4 is 4.74 Å². The number of benzene rings is 1. The van der Waals surface area contributed by atoms with Gasteiger partial charge in [0.15, 0.2) is 11.5 Å². The summed E-state index contributed by atoms with van der Waals surface area (Å²) in [6, 6.07) is 3.16. The van der Waals surface area contributed by atoms with E-state index < -0.39 is 5.97 Å². The molecule has 0 aliphatic carbocycles. The molecule has 0 aliphatic rings. The highest BCUT2D eigenvalue weighted by Gasteiger charge is 2.09. The van der Waals surface area contributed by atoms with Gasteiger partial charge in [-0.15, -0.1) is 0 Å². The molecule has 2 N–H and O–H groups in total. The van der Waals surface area contributed by atoms with Crippen LogP contribution in [0.1, 0.15) is 11.1 Å². The molecule has 1 rings (SSSR count). The molecule has 0 radical (unpaired) electrons. The first-order valence-corrected chi connectivity index (χ1v) is 4.13. The van der Waals surface area contributed by atoms with Crippen molar-refractivity contribution in [2.75, 3.05) is 7.11 Å². The first kappa shape index (κ1) is 10.4. The Morgan fingerprint density at radius 3 is 2.64 bits per heavy atom. The maximum absolute atomic E-state index is 10.5. The number of phenols is 1. The van der Waals surface area contributed by atoms with E-state index in [-0.39, 0.29) is 12.2 Å². The molecule has 14 heavy (non-hydrogen) atoms. The van der Waals surface area contributed by atoms with E-state index in [4.69, 9.17) is 9.84 Å². The number of methoxy groups -OCH3 is 1. The largest absolute Gasteiger partial charge is 0.504 e. The average Bonchev–Trinajstić information content (AvgIpc) is 2.10. The van der Waals surface area contributed by atoms with Crippen LogP contribution in [0.4, 0.5) is 0 Å². The van der Waals surface area contributed by atoms with Crippen LogP contribution in [-0.2, 0) is 11.2 Å². The molecular weight excluding hydrogens is 184 g/mol. The van der Waals surface area contributed by atoms with E-state index in [1.54, 1.807) is 13.0 Å². The third-order valence-corrected chi connectivity index (χ3v) is 1.90. The highest BCUT2D eigenvalue weighted by molar-refractivity contribution is 5.71. The van der Waals surface area contributed by atoms with Gasteiger partial charge < -0.3 is 14.9 Å². The Labute approximate surface area is 81.8 Å². The minimum atomic E-state index is -0.905. The van der Waals surface area contributed by atoms with Gasteiger partial charge in [-0.2, -0.15) is 0 Å². The Hall–Kier alpha value is -1.71. The topological polar surface area (TPSA) is 66.8 Å². The van der Waals surface area contributed by atoms with Crippen molar-refractivity contribution in [1.29, 1.82) is 0 Å². The molecule has 0 saturated heterocycles. The minimum Gasteiger partial charge on any atom is -0.504 e. The van der Waals surface area contributed by atoms with Crippen molar-refractivity contribution >= 4 is 5.97 Å². The summed E-state index contributed by atoms with van der Waals surface area (Å²) in [5.41, 5.74) is 1.23. The Balaban J connectivity index is 3.09. The van der Waals surface area contributed by atoms with E-state index in [0.717, 1.165) is 0 Å². The summed E-state index contributed by atoms with van der Waals surface area (Å²) in [5, 5.41) is 18.1. The van der Waals surface area contributed by atoms with Gasteiger partial charge >= 0.3 is 5.97 Å². The molecule has 0 aliphatic heterocycles. The van der Waals surface area contributed by atoms with Gasteiger partial charge in [0.1, 0.15) is 0 Å². The zero-order valence-corrected chi connectivity index (χ0v) is 8.07.